The fraction of sp³-hybridized carbons (Fsp3) is 1.00. The van der Waals surface area contributed by atoms with Crippen LogP contribution in [0.15, 0.2) is 0 Å². The highest BCUT2D eigenvalue weighted by molar-refractivity contribution is 6.74. The SMILES string of the molecule is CCCCCCCCCCCCCCCCCCCCCCCCCO[Si](C)(C)C(C)(C)C. The zero-order chi connectivity index (χ0) is 24.7. The summed E-state index contributed by atoms with van der Waals surface area (Å²) in [5.74, 6) is 0. The van der Waals surface area contributed by atoms with E-state index in [4.69, 9.17) is 4.43 Å². The van der Waals surface area contributed by atoms with Gasteiger partial charge in [-0.05, 0) is 24.6 Å². The topological polar surface area (TPSA) is 9.23 Å². The zero-order valence-corrected chi connectivity index (χ0v) is 25.4. The van der Waals surface area contributed by atoms with Gasteiger partial charge in [-0.25, -0.2) is 0 Å². The van der Waals surface area contributed by atoms with Crippen LogP contribution in [0, 0.1) is 0 Å². The highest BCUT2D eigenvalue weighted by Crippen LogP contribution is 2.36. The van der Waals surface area contributed by atoms with E-state index in [-0.39, 0.29) is 0 Å². The van der Waals surface area contributed by atoms with Gasteiger partial charge in [0.1, 0.15) is 0 Å². The molecule has 0 bridgehead atoms. The summed E-state index contributed by atoms with van der Waals surface area (Å²) in [5.41, 5.74) is 0. The molecule has 0 aliphatic heterocycles. The number of hydrogen-bond acceptors (Lipinski definition) is 1. The molecule has 0 aliphatic rings. The summed E-state index contributed by atoms with van der Waals surface area (Å²) in [6.07, 6.45) is 33.3. The molecule has 0 fully saturated rings. The molecule has 0 saturated carbocycles. The van der Waals surface area contributed by atoms with Gasteiger partial charge in [0.05, 0.1) is 0 Å². The zero-order valence-electron chi connectivity index (χ0n) is 24.4. The fourth-order valence-corrected chi connectivity index (χ4v) is 5.52. The van der Waals surface area contributed by atoms with Crippen LogP contribution in [0.5, 0.6) is 0 Å². The minimum Gasteiger partial charge on any atom is -0.417 e. The minimum atomic E-state index is -1.52. The first kappa shape index (κ1) is 33.2. The van der Waals surface area contributed by atoms with Crippen LogP contribution < -0.4 is 0 Å². The molecule has 0 N–H and O–H groups in total. The van der Waals surface area contributed by atoms with E-state index in [0.717, 1.165) is 6.61 Å². The van der Waals surface area contributed by atoms with Crippen molar-refractivity contribution in [2.45, 2.75) is 194 Å². The molecule has 0 saturated heterocycles. The first-order chi connectivity index (χ1) is 15.8. The first-order valence-corrected chi connectivity index (χ1v) is 18.4. The molecular weight excluding hydrogens is 416 g/mol. The third-order valence-corrected chi connectivity index (χ3v) is 12.6. The van der Waals surface area contributed by atoms with E-state index in [1.807, 2.05) is 0 Å². The van der Waals surface area contributed by atoms with Gasteiger partial charge in [-0.2, -0.15) is 0 Å². The molecule has 0 spiro atoms. The lowest BCUT2D eigenvalue weighted by Gasteiger charge is -2.36. The molecule has 0 amide bonds. The van der Waals surface area contributed by atoms with Gasteiger partial charge in [0.2, 0.25) is 0 Å². The number of rotatable bonds is 25. The van der Waals surface area contributed by atoms with E-state index >= 15 is 0 Å². The van der Waals surface area contributed by atoms with E-state index in [1.165, 1.54) is 148 Å². The Morgan fingerprint density at radius 2 is 0.667 bits per heavy atom. The Balaban J connectivity index is 3.15. The molecule has 0 radical (unpaired) electrons. The summed E-state index contributed by atoms with van der Waals surface area (Å²) >= 11 is 0. The van der Waals surface area contributed by atoms with Crippen LogP contribution in [-0.2, 0) is 4.43 Å². The van der Waals surface area contributed by atoms with Gasteiger partial charge in [0, 0.05) is 6.61 Å². The molecule has 0 aromatic rings. The van der Waals surface area contributed by atoms with Crippen LogP contribution in [0.25, 0.3) is 0 Å². The van der Waals surface area contributed by atoms with Crippen LogP contribution in [0.2, 0.25) is 18.1 Å². The Morgan fingerprint density at radius 3 is 0.909 bits per heavy atom. The van der Waals surface area contributed by atoms with E-state index in [0.29, 0.717) is 5.04 Å². The van der Waals surface area contributed by atoms with Crippen molar-refractivity contribution in [1.82, 2.24) is 0 Å². The van der Waals surface area contributed by atoms with Crippen molar-refractivity contribution in [3.63, 3.8) is 0 Å². The molecule has 0 aromatic heterocycles. The first-order valence-electron chi connectivity index (χ1n) is 15.4. The van der Waals surface area contributed by atoms with Crippen molar-refractivity contribution >= 4 is 8.32 Å². The molecule has 1 nitrogen and oxygen atoms in total. The van der Waals surface area contributed by atoms with E-state index in [9.17, 15) is 0 Å². The van der Waals surface area contributed by atoms with Crippen molar-refractivity contribution in [2.24, 2.45) is 0 Å². The van der Waals surface area contributed by atoms with Crippen molar-refractivity contribution in [3.05, 3.63) is 0 Å². The second-order valence-electron chi connectivity index (χ2n) is 12.4. The second-order valence-corrected chi connectivity index (χ2v) is 17.2. The van der Waals surface area contributed by atoms with Gasteiger partial charge in [0.15, 0.2) is 8.32 Å². The van der Waals surface area contributed by atoms with Crippen molar-refractivity contribution in [2.75, 3.05) is 6.61 Å². The Bertz CT molecular complexity index is 385. The van der Waals surface area contributed by atoms with Crippen LogP contribution in [0.4, 0.5) is 0 Å². The van der Waals surface area contributed by atoms with E-state index in [1.54, 1.807) is 0 Å². The lowest BCUT2D eigenvalue weighted by Crippen LogP contribution is -2.40. The Morgan fingerprint density at radius 1 is 0.424 bits per heavy atom. The maximum absolute atomic E-state index is 6.28. The molecular formula is C31H66OSi. The minimum absolute atomic E-state index is 0.347. The molecule has 0 rings (SSSR count). The number of hydrogen-bond donors (Lipinski definition) is 0. The molecule has 0 aliphatic carbocycles. The lowest BCUT2D eigenvalue weighted by atomic mass is 10.0. The average Bonchev–Trinajstić information content (AvgIpc) is 2.76. The van der Waals surface area contributed by atoms with Crippen LogP contribution in [0.3, 0.4) is 0 Å². The third-order valence-electron chi connectivity index (χ3n) is 8.02. The van der Waals surface area contributed by atoms with E-state index in [2.05, 4.69) is 40.8 Å². The summed E-state index contributed by atoms with van der Waals surface area (Å²) in [5, 5.41) is 0.347. The quantitative estimate of drug-likeness (QED) is 0.0928. The summed E-state index contributed by atoms with van der Waals surface area (Å²) in [7, 11) is -1.52. The van der Waals surface area contributed by atoms with Crippen molar-refractivity contribution in [1.29, 1.82) is 0 Å². The van der Waals surface area contributed by atoms with Gasteiger partial charge < -0.3 is 4.43 Å². The average molecular weight is 483 g/mol. The Kier molecular flexibility index (Phi) is 22.8. The fourth-order valence-electron chi connectivity index (χ4n) is 4.43. The summed E-state index contributed by atoms with van der Waals surface area (Å²) in [6.45, 7) is 15.0. The molecule has 2 heteroatoms. The van der Waals surface area contributed by atoms with Crippen LogP contribution >= 0.6 is 0 Å². The highest BCUT2D eigenvalue weighted by atomic mass is 28.4. The van der Waals surface area contributed by atoms with E-state index < -0.39 is 8.32 Å². The summed E-state index contributed by atoms with van der Waals surface area (Å²) in [6, 6.07) is 0. The van der Waals surface area contributed by atoms with Gasteiger partial charge in [-0.3, -0.25) is 0 Å². The molecule has 33 heavy (non-hydrogen) atoms. The molecule has 200 valence electrons. The highest BCUT2D eigenvalue weighted by Gasteiger charge is 2.36. The van der Waals surface area contributed by atoms with Gasteiger partial charge >= 0.3 is 0 Å². The predicted molar refractivity (Wildman–Crippen MR) is 155 cm³/mol. The summed E-state index contributed by atoms with van der Waals surface area (Å²) in [4.78, 5) is 0. The Labute approximate surface area is 212 Å². The van der Waals surface area contributed by atoms with Crippen LogP contribution in [-0.4, -0.2) is 14.9 Å². The second kappa shape index (κ2) is 22.6. The van der Waals surface area contributed by atoms with Crippen molar-refractivity contribution < 1.29 is 4.43 Å². The Hall–Kier alpha value is 0.177. The third kappa shape index (κ3) is 22.4. The van der Waals surface area contributed by atoms with Crippen molar-refractivity contribution in [3.8, 4) is 0 Å². The maximum atomic E-state index is 6.28. The maximum Gasteiger partial charge on any atom is 0.191 e. The predicted octanol–water partition coefficient (Wildman–Crippen LogP) is 12.0. The lowest BCUT2D eigenvalue weighted by molar-refractivity contribution is 0.277. The largest absolute Gasteiger partial charge is 0.417 e. The smallest absolute Gasteiger partial charge is 0.191 e. The monoisotopic (exact) mass is 482 g/mol. The summed E-state index contributed by atoms with van der Waals surface area (Å²) < 4.78 is 6.28. The van der Waals surface area contributed by atoms with Gasteiger partial charge in [0.25, 0.3) is 0 Å². The normalized spacial score (nSPS) is 12.5. The molecule has 0 heterocycles. The number of unbranched alkanes of at least 4 members (excludes halogenated alkanes) is 22. The van der Waals surface area contributed by atoms with Gasteiger partial charge in [-0.1, -0.05) is 169 Å². The van der Waals surface area contributed by atoms with Gasteiger partial charge in [-0.15, -0.1) is 0 Å². The molecule has 0 unspecified atom stereocenters. The molecule has 0 aromatic carbocycles. The molecule has 0 atom stereocenters. The standard InChI is InChI=1S/C31H66OSi/c1-7-8-9-10-11-12-13-14-15-16-17-18-19-20-21-22-23-24-25-26-27-28-29-30-32-33(5,6)31(2,3)4/h7-30H2,1-6H3. The van der Waals surface area contributed by atoms with Crippen LogP contribution in [0.1, 0.15) is 175 Å².